The van der Waals surface area contributed by atoms with Gasteiger partial charge in [0.25, 0.3) is 0 Å². The number of rotatable bonds is 6. The second-order valence-corrected chi connectivity index (χ2v) is 5.40. The molecule has 4 heteroatoms. The first-order valence-corrected chi connectivity index (χ1v) is 6.40. The third-order valence-electron chi connectivity index (χ3n) is 2.58. The number of hydrogen-bond acceptors (Lipinski definition) is 3. The van der Waals surface area contributed by atoms with Gasteiger partial charge in [-0.05, 0) is 30.9 Å². The molecule has 16 heavy (non-hydrogen) atoms. The van der Waals surface area contributed by atoms with Crippen LogP contribution in [-0.4, -0.2) is 11.1 Å². The number of carboxylic acid groups (broad SMARTS) is 1. The lowest BCUT2D eigenvalue weighted by atomic mass is 9.98. The molecule has 0 aliphatic carbocycles. The van der Waals surface area contributed by atoms with Gasteiger partial charge in [0, 0.05) is 22.2 Å². The third kappa shape index (κ3) is 3.94. The van der Waals surface area contributed by atoms with E-state index < -0.39 is 5.97 Å². The highest BCUT2D eigenvalue weighted by Crippen LogP contribution is 2.27. The molecule has 0 aliphatic rings. The Morgan fingerprint density at radius 3 is 2.75 bits per heavy atom. The SMILES string of the molecule is CCc1ccc(C(N)CC(C)CC(=O)O)s1. The fourth-order valence-corrected chi connectivity index (χ4v) is 2.68. The molecule has 90 valence electrons. The van der Waals surface area contributed by atoms with Crippen LogP contribution in [0.25, 0.3) is 0 Å². The van der Waals surface area contributed by atoms with Crippen LogP contribution in [0.4, 0.5) is 0 Å². The normalized spacial score (nSPS) is 14.7. The van der Waals surface area contributed by atoms with Crippen LogP contribution < -0.4 is 5.73 Å². The Bertz CT molecular complexity index is 349. The van der Waals surface area contributed by atoms with E-state index >= 15 is 0 Å². The summed E-state index contributed by atoms with van der Waals surface area (Å²) in [5, 5.41) is 8.67. The van der Waals surface area contributed by atoms with Crippen LogP contribution in [0.1, 0.15) is 42.5 Å². The van der Waals surface area contributed by atoms with Gasteiger partial charge in [0.05, 0.1) is 0 Å². The molecule has 1 rings (SSSR count). The monoisotopic (exact) mass is 241 g/mol. The summed E-state index contributed by atoms with van der Waals surface area (Å²) in [5.41, 5.74) is 6.06. The van der Waals surface area contributed by atoms with Crippen LogP contribution in [0.5, 0.6) is 0 Å². The van der Waals surface area contributed by atoms with Gasteiger partial charge in [-0.3, -0.25) is 4.79 Å². The molecule has 0 radical (unpaired) electrons. The molecule has 0 amide bonds. The zero-order valence-electron chi connectivity index (χ0n) is 9.77. The average molecular weight is 241 g/mol. The van der Waals surface area contributed by atoms with Gasteiger partial charge in [-0.1, -0.05) is 13.8 Å². The lowest BCUT2D eigenvalue weighted by Gasteiger charge is -2.14. The van der Waals surface area contributed by atoms with Crippen molar-refractivity contribution in [1.82, 2.24) is 0 Å². The first-order chi connectivity index (χ1) is 7.52. The van der Waals surface area contributed by atoms with Crippen molar-refractivity contribution in [3.05, 3.63) is 21.9 Å². The molecule has 1 aromatic rings. The molecule has 0 aliphatic heterocycles. The second-order valence-electron chi connectivity index (χ2n) is 4.20. The molecule has 0 fully saturated rings. The van der Waals surface area contributed by atoms with E-state index in [1.165, 1.54) is 4.88 Å². The molecule has 0 bridgehead atoms. The first-order valence-electron chi connectivity index (χ1n) is 5.58. The largest absolute Gasteiger partial charge is 0.481 e. The zero-order chi connectivity index (χ0) is 12.1. The fourth-order valence-electron chi connectivity index (χ4n) is 1.71. The van der Waals surface area contributed by atoms with Crippen molar-refractivity contribution in [3.8, 4) is 0 Å². The number of aliphatic carboxylic acids is 1. The average Bonchev–Trinajstić information content (AvgIpc) is 2.64. The first kappa shape index (κ1) is 13.2. The Morgan fingerprint density at radius 2 is 2.25 bits per heavy atom. The number of thiophene rings is 1. The summed E-state index contributed by atoms with van der Waals surface area (Å²) in [6.45, 7) is 4.05. The van der Waals surface area contributed by atoms with Gasteiger partial charge in [-0.2, -0.15) is 0 Å². The Balaban J connectivity index is 2.51. The van der Waals surface area contributed by atoms with Gasteiger partial charge in [-0.15, -0.1) is 11.3 Å². The van der Waals surface area contributed by atoms with E-state index in [9.17, 15) is 4.79 Å². The maximum absolute atomic E-state index is 10.5. The Morgan fingerprint density at radius 1 is 1.56 bits per heavy atom. The fraction of sp³-hybridized carbons (Fsp3) is 0.583. The molecule has 0 spiro atoms. The minimum atomic E-state index is -0.750. The third-order valence-corrected chi connectivity index (χ3v) is 3.94. The van der Waals surface area contributed by atoms with E-state index in [0.29, 0.717) is 0 Å². The molecular weight excluding hydrogens is 222 g/mol. The standard InChI is InChI=1S/C12H19NO2S/c1-3-9-4-5-11(16-9)10(13)6-8(2)7-12(14)15/h4-5,8,10H,3,6-7,13H2,1-2H3,(H,14,15). The Hall–Kier alpha value is -0.870. The summed E-state index contributed by atoms with van der Waals surface area (Å²) >= 11 is 1.73. The topological polar surface area (TPSA) is 63.3 Å². The van der Waals surface area contributed by atoms with Crippen LogP contribution in [0.2, 0.25) is 0 Å². The van der Waals surface area contributed by atoms with Crippen LogP contribution in [0.15, 0.2) is 12.1 Å². The molecule has 3 nitrogen and oxygen atoms in total. The van der Waals surface area contributed by atoms with E-state index in [4.69, 9.17) is 10.8 Å². The predicted octanol–water partition coefficient (Wildman–Crippen LogP) is 2.81. The van der Waals surface area contributed by atoms with E-state index in [2.05, 4.69) is 19.1 Å². The summed E-state index contributed by atoms with van der Waals surface area (Å²) in [4.78, 5) is 13.0. The summed E-state index contributed by atoms with van der Waals surface area (Å²) < 4.78 is 0. The van der Waals surface area contributed by atoms with Crippen LogP contribution in [0.3, 0.4) is 0 Å². The van der Waals surface area contributed by atoms with Crippen LogP contribution >= 0.6 is 11.3 Å². The highest BCUT2D eigenvalue weighted by Gasteiger charge is 2.15. The molecule has 0 aromatic carbocycles. The summed E-state index contributed by atoms with van der Waals surface area (Å²) in [7, 11) is 0. The van der Waals surface area contributed by atoms with Crippen LogP contribution in [-0.2, 0) is 11.2 Å². The van der Waals surface area contributed by atoms with Gasteiger partial charge in [-0.25, -0.2) is 0 Å². The minimum Gasteiger partial charge on any atom is -0.481 e. The number of hydrogen-bond donors (Lipinski definition) is 2. The van der Waals surface area contributed by atoms with Gasteiger partial charge in [0.2, 0.25) is 0 Å². The maximum atomic E-state index is 10.5. The molecule has 1 heterocycles. The lowest BCUT2D eigenvalue weighted by Crippen LogP contribution is -2.15. The van der Waals surface area contributed by atoms with E-state index in [1.807, 2.05) is 6.92 Å². The number of carbonyl (C=O) groups is 1. The van der Waals surface area contributed by atoms with Gasteiger partial charge in [0.15, 0.2) is 0 Å². The zero-order valence-corrected chi connectivity index (χ0v) is 10.6. The van der Waals surface area contributed by atoms with Crippen molar-refractivity contribution in [2.24, 2.45) is 11.7 Å². The molecule has 2 unspecified atom stereocenters. The Labute approximate surface area is 100 Å². The number of aryl methyl sites for hydroxylation is 1. The second kappa shape index (κ2) is 6.01. The maximum Gasteiger partial charge on any atom is 0.303 e. The van der Waals surface area contributed by atoms with E-state index in [-0.39, 0.29) is 18.4 Å². The van der Waals surface area contributed by atoms with Crippen molar-refractivity contribution in [1.29, 1.82) is 0 Å². The summed E-state index contributed by atoms with van der Waals surface area (Å²) in [5.74, 6) is -0.625. The van der Waals surface area contributed by atoms with E-state index in [0.717, 1.165) is 17.7 Å². The van der Waals surface area contributed by atoms with Crippen LogP contribution in [0, 0.1) is 5.92 Å². The smallest absolute Gasteiger partial charge is 0.303 e. The molecule has 2 atom stereocenters. The predicted molar refractivity (Wildman–Crippen MR) is 66.7 cm³/mol. The van der Waals surface area contributed by atoms with Gasteiger partial charge >= 0.3 is 5.97 Å². The van der Waals surface area contributed by atoms with Gasteiger partial charge < -0.3 is 10.8 Å². The number of carboxylic acids is 1. The van der Waals surface area contributed by atoms with Crippen molar-refractivity contribution in [2.45, 2.75) is 39.2 Å². The van der Waals surface area contributed by atoms with Crippen molar-refractivity contribution >= 4 is 17.3 Å². The molecule has 0 saturated heterocycles. The van der Waals surface area contributed by atoms with Crippen molar-refractivity contribution < 1.29 is 9.90 Å². The highest BCUT2D eigenvalue weighted by molar-refractivity contribution is 7.12. The molecule has 1 aromatic heterocycles. The van der Waals surface area contributed by atoms with E-state index in [1.54, 1.807) is 11.3 Å². The summed E-state index contributed by atoms with van der Waals surface area (Å²) in [6.07, 6.45) is 1.96. The summed E-state index contributed by atoms with van der Waals surface area (Å²) in [6, 6.07) is 4.13. The quantitative estimate of drug-likeness (QED) is 0.805. The van der Waals surface area contributed by atoms with Crippen molar-refractivity contribution in [2.75, 3.05) is 0 Å². The number of nitrogens with two attached hydrogens (primary N) is 1. The molecule has 0 saturated carbocycles. The molecular formula is C12H19NO2S. The van der Waals surface area contributed by atoms with Crippen molar-refractivity contribution in [3.63, 3.8) is 0 Å². The Kier molecular flexibility index (Phi) is 4.96. The lowest BCUT2D eigenvalue weighted by molar-refractivity contribution is -0.138. The molecule has 3 N–H and O–H groups in total. The highest BCUT2D eigenvalue weighted by atomic mass is 32.1. The van der Waals surface area contributed by atoms with Gasteiger partial charge in [0.1, 0.15) is 0 Å². The minimum absolute atomic E-state index is 0.0281.